The van der Waals surface area contributed by atoms with Crippen molar-refractivity contribution in [2.45, 2.75) is 31.1 Å². The summed E-state index contributed by atoms with van der Waals surface area (Å²) >= 11 is 0. The molecule has 130 valence electrons. The zero-order valence-corrected chi connectivity index (χ0v) is 13.2. The van der Waals surface area contributed by atoms with E-state index in [1.807, 2.05) is 0 Å². The molecule has 1 aliphatic rings. The number of rotatable bonds is 4. The van der Waals surface area contributed by atoms with E-state index in [4.69, 9.17) is 10.5 Å². The van der Waals surface area contributed by atoms with Gasteiger partial charge >= 0.3 is 0 Å². The van der Waals surface area contributed by atoms with Crippen molar-refractivity contribution < 1.29 is 19.7 Å². The summed E-state index contributed by atoms with van der Waals surface area (Å²) in [5.74, 6) is 0.334. The number of imidazole rings is 1. The number of fused-ring (bicyclic) bond motifs is 1. The van der Waals surface area contributed by atoms with Crippen LogP contribution >= 0.6 is 0 Å². The Kier molecular flexibility index (Phi) is 4.32. The van der Waals surface area contributed by atoms with E-state index in [1.165, 1.54) is 17.9 Å². The number of carbonyl (C=O) groups is 1. The number of hydrogen-bond donors (Lipinski definition) is 5. The van der Waals surface area contributed by atoms with E-state index in [2.05, 4.69) is 25.6 Å². The highest BCUT2D eigenvalue weighted by Crippen LogP contribution is 2.32. The first-order valence-electron chi connectivity index (χ1n) is 7.36. The van der Waals surface area contributed by atoms with Gasteiger partial charge in [-0.25, -0.2) is 15.0 Å². The fourth-order valence-corrected chi connectivity index (χ4v) is 2.66. The maximum atomic E-state index is 11.8. The summed E-state index contributed by atoms with van der Waals surface area (Å²) in [5, 5.41) is 25.6. The summed E-state index contributed by atoms with van der Waals surface area (Å²) in [7, 11) is 3.11. The van der Waals surface area contributed by atoms with Gasteiger partial charge in [0.25, 0.3) is 5.91 Å². The third kappa shape index (κ3) is 2.47. The molecule has 0 bridgehead atoms. The minimum absolute atomic E-state index is 0.118. The molecule has 0 saturated carbocycles. The van der Waals surface area contributed by atoms with E-state index in [0.29, 0.717) is 22.8 Å². The smallest absolute Gasteiger partial charge is 0.251 e. The molecule has 11 heteroatoms. The van der Waals surface area contributed by atoms with Crippen LogP contribution in [0.15, 0.2) is 6.33 Å². The van der Waals surface area contributed by atoms with Gasteiger partial charge in [-0.1, -0.05) is 0 Å². The molecular formula is C13H19N7O4. The molecule has 0 aliphatic carbocycles. The lowest BCUT2D eigenvalue weighted by Crippen LogP contribution is -2.41. The number of nitrogens with zero attached hydrogens (tertiary/aromatic N) is 4. The van der Waals surface area contributed by atoms with E-state index in [1.54, 1.807) is 7.05 Å². The number of hydrogen-bond acceptors (Lipinski definition) is 9. The van der Waals surface area contributed by atoms with Crippen LogP contribution in [0.2, 0.25) is 0 Å². The Balaban J connectivity index is 2.05. The second-order valence-corrected chi connectivity index (χ2v) is 5.31. The fraction of sp³-hybridized carbons (Fsp3) is 0.538. The number of likely N-dealkylation sites (N-methyl/N-ethyl adjacent to an activating group) is 1. The Bertz CT molecular complexity index is 764. The maximum absolute atomic E-state index is 11.8. The number of nitrogens with two attached hydrogens (primary N) is 1. The van der Waals surface area contributed by atoms with Gasteiger partial charge in [0.15, 0.2) is 29.3 Å². The highest BCUT2D eigenvalue weighted by Gasteiger charge is 2.47. The SMILES string of the molecule is CNC(=O)[C@H]1O[C@@H](n2cnc3c(NC)nc(CN)nc32)[C@H](O)[C@@H]1O. The van der Waals surface area contributed by atoms with Crippen LogP contribution < -0.4 is 16.4 Å². The van der Waals surface area contributed by atoms with Crippen molar-refractivity contribution in [3.63, 3.8) is 0 Å². The molecule has 0 aromatic carbocycles. The summed E-state index contributed by atoms with van der Waals surface area (Å²) < 4.78 is 6.99. The third-order valence-electron chi connectivity index (χ3n) is 3.90. The highest BCUT2D eigenvalue weighted by atomic mass is 16.6. The molecule has 1 aliphatic heterocycles. The summed E-state index contributed by atoms with van der Waals surface area (Å²) in [6, 6.07) is 0. The molecule has 4 atom stereocenters. The van der Waals surface area contributed by atoms with Crippen molar-refractivity contribution in [2.24, 2.45) is 5.73 Å². The van der Waals surface area contributed by atoms with E-state index in [-0.39, 0.29) is 6.54 Å². The molecule has 6 N–H and O–H groups in total. The Morgan fingerprint density at radius 2 is 2.12 bits per heavy atom. The van der Waals surface area contributed by atoms with Gasteiger partial charge in [-0.2, -0.15) is 0 Å². The predicted molar refractivity (Wildman–Crippen MR) is 82.8 cm³/mol. The number of carbonyl (C=O) groups excluding carboxylic acids is 1. The van der Waals surface area contributed by atoms with Gasteiger partial charge in [0, 0.05) is 14.1 Å². The Hall–Kier alpha value is -2.34. The van der Waals surface area contributed by atoms with Gasteiger partial charge < -0.3 is 31.3 Å². The van der Waals surface area contributed by atoms with Gasteiger partial charge in [0.2, 0.25) is 0 Å². The van der Waals surface area contributed by atoms with Crippen LogP contribution in [0.3, 0.4) is 0 Å². The van der Waals surface area contributed by atoms with Crippen LogP contribution in [0.25, 0.3) is 11.2 Å². The van der Waals surface area contributed by atoms with Crippen LogP contribution in [-0.2, 0) is 16.1 Å². The summed E-state index contributed by atoms with van der Waals surface area (Å²) in [5.41, 5.74) is 6.45. The lowest BCUT2D eigenvalue weighted by molar-refractivity contribution is -0.137. The van der Waals surface area contributed by atoms with Gasteiger partial charge in [-0.3, -0.25) is 9.36 Å². The molecule has 11 nitrogen and oxygen atoms in total. The second-order valence-electron chi connectivity index (χ2n) is 5.31. The minimum Gasteiger partial charge on any atom is -0.387 e. The van der Waals surface area contributed by atoms with Crippen molar-refractivity contribution in [3.8, 4) is 0 Å². The lowest BCUT2D eigenvalue weighted by Gasteiger charge is -2.16. The van der Waals surface area contributed by atoms with Crippen molar-refractivity contribution in [3.05, 3.63) is 12.2 Å². The molecule has 0 radical (unpaired) electrons. The number of aliphatic hydroxyl groups is 2. The molecule has 1 fully saturated rings. The first-order chi connectivity index (χ1) is 11.5. The topological polar surface area (TPSA) is 160 Å². The summed E-state index contributed by atoms with van der Waals surface area (Å²) in [6.07, 6.45) is -3.48. The molecule has 2 aromatic heterocycles. The first kappa shape index (κ1) is 16.5. The van der Waals surface area contributed by atoms with E-state index in [9.17, 15) is 15.0 Å². The number of aliphatic hydroxyl groups excluding tert-OH is 2. The number of nitrogens with one attached hydrogen (secondary N) is 2. The van der Waals surface area contributed by atoms with Crippen molar-refractivity contribution >= 4 is 22.9 Å². The normalized spacial score (nSPS) is 26.7. The average Bonchev–Trinajstić information content (AvgIpc) is 3.15. The molecular weight excluding hydrogens is 318 g/mol. The van der Waals surface area contributed by atoms with Crippen LogP contribution in [0.1, 0.15) is 12.1 Å². The van der Waals surface area contributed by atoms with Gasteiger partial charge in [-0.15, -0.1) is 0 Å². The second kappa shape index (κ2) is 6.28. The monoisotopic (exact) mass is 337 g/mol. The van der Waals surface area contributed by atoms with Crippen molar-refractivity contribution in [1.29, 1.82) is 0 Å². The van der Waals surface area contributed by atoms with E-state index in [0.717, 1.165) is 0 Å². The highest BCUT2D eigenvalue weighted by molar-refractivity contribution is 5.83. The number of aromatic nitrogens is 4. The quantitative estimate of drug-likeness (QED) is 0.413. The van der Waals surface area contributed by atoms with Gasteiger partial charge in [0.05, 0.1) is 12.9 Å². The van der Waals surface area contributed by atoms with Crippen LogP contribution in [0.4, 0.5) is 5.82 Å². The third-order valence-corrected chi connectivity index (χ3v) is 3.90. The van der Waals surface area contributed by atoms with Crippen molar-refractivity contribution in [2.75, 3.05) is 19.4 Å². The van der Waals surface area contributed by atoms with Crippen LogP contribution in [-0.4, -0.2) is 68.0 Å². The zero-order valence-electron chi connectivity index (χ0n) is 13.2. The molecule has 0 spiro atoms. The fourth-order valence-electron chi connectivity index (χ4n) is 2.66. The molecule has 24 heavy (non-hydrogen) atoms. The minimum atomic E-state index is -1.37. The van der Waals surface area contributed by atoms with E-state index < -0.39 is 30.4 Å². The molecule has 2 aromatic rings. The van der Waals surface area contributed by atoms with Gasteiger partial charge in [0.1, 0.15) is 18.0 Å². The van der Waals surface area contributed by atoms with Crippen molar-refractivity contribution in [1.82, 2.24) is 24.8 Å². The number of anilines is 1. The first-order valence-corrected chi connectivity index (χ1v) is 7.36. The lowest BCUT2D eigenvalue weighted by atomic mass is 10.1. The largest absolute Gasteiger partial charge is 0.387 e. The molecule has 3 rings (SSSR count). The van der Waals surface area contributed by atoms with E-state index >= 15 is 0 Å². The summed E-state index contributed by atoms with van der Waals surface area (Å²) in [4.78, 5) is 24.5. The summed E-state index contributed by atoms with van der Waals surface area (Å²) in [6.45, 7) is 0.118. The molecule has 1 saturated heterocycles. The molecule has 0 unspecified atom stereocenters. The standard InChI is InChI=1S/C13H19N7O4/c1-15-10-6-11(19-5(3-14)18-10)20(4-17-6)13-8(22)7(21)9(24-13)12(23)16-2/h4,7-9,13,21-22H,3,14H2,1-2H3,(H,16,23)(H,15,18,19)/t7-,8+,9-,13+/m0/s1. The predicted octanol–water partition coefficient (Wildman–Crippen LogP) is -2.31. The zero-order chi connectivity index (χ0) is 17.4. The van der Waals surface area contributed by atoms with Gasteiger partial charge in [-0.05, 0) is 0 Å². The Labute approximate surface area is 136 Å². The van der Waals surface area contributed by atoms with Crippen LogP contribution in [0.5, 0.6) is 0 Å². The number of ether oxygens (including phenoxy) is 1. The number of amides is 1. The van der Waals surface area contributed by atoms with Crippen LogP contribution in [0, 0.1) is 0 Å². The maximum Gasteiger partial charge on any atom is 0.251 e. The Morgan fingerprint density at radius 1 is 1.38 bits per heavy atom. The molecule has 3 heterocycles. The Morgan fingerprint density at radius 3 is 2.75 bits per heavy atom. The average molecular weight is 337 g/mol. The molecule has 1 amide bonds.